The maximum absolute atomic E-state index is 13.3. The summed E-state index contributed by atoms with van der Waals surface area (Å²) < 4.78 is 2.31. The number of fused-ring (bicyclic) bond motifs is 3. The molecule has 4 nitrogen and oxygen atoms in total. The molecule has 0 saturated carbocycles. The summed E-state index contributed by atoms with van der Waals surface area (Å²) in [6.45, 7) is 0. The van der Waals surface area contributed by atoms with E-state index in [1.165, 1.54) is 11.8 Å². The minimum absolute atomic E-state index is 0.0400. The number of para-hydroxylation sites is 1. The first-order valence-electron chi connectivity index (χ1n) is 9.25. The number of carbonyl (C=O) groups excluding carboxylic acids is 2. The summed E-state index contributed by atoms with van der Waals surface area (Å²) in [7, 11) is 0. The summed E-state index contributed by atoms with van der Waals surface area (Å²) in [4.78, 5) is 25.3. The number of hydrogen-bond acceptors (Lipinski definition) is 4. The highest BCUT2D eigenvalue weighted by Gasteiger charge is 2.29. The van der Waals surface area contributed by atoms with Crippen molar-refractivity contribution in [3.05, 3.63) is 83.9 Å². The molecule has 3 aromatic carbocycles. The van der Waals surface area contributed by atoms with E-state index in [9.17, 15) is 9.59 Å². The van der Waals surface area contributed by atoms with Crippen LogP contribution in [0.4, 0.5) is 0 Å². The molecule has 0 bridgehead atoms. The molecule has 1 amide bonds. The lowest BCUT2D eigenvalue weighted by Crippen LogP contribution is -2.25. The van der Waals surface area contributed by atoms with Gasteiger partial charge < -0.3 is 5.32 Å². The van der Waals surface area contributed by atoms with E-state index in [4.69, 9.17) is 12.2 Å². The molecule has 6 heteroatoms. The van der Waals surface area contributed by atoms with E-state index in [1.54, 1.807) is 4.57 Å². The van der Waals surface area contributed by atoms with Gasteiger partial charge in [-0.25, -0.2) is 0 Å². The molecular weight excluding hydrogens is 400 g/mol. The molecule has 4 aromatic rings. The number of carbonyl (C=O) groups is 2. The summed E-state index contributed by atoms with van der Waals surface area (Å²) >= 11 is 6.49. The molecule has 1 saturated heterocycles. The number of thiocarbonyl (C=S) groups is 1. The molecule has 1 atom stereocenters. The minimum atomic E-state index is -0.209. The van der Waals surface area contributed by atoms with Crippen LogP contribution in [0.15, 0.2) is 72.8 Å². The molecule has 1 aliphatic heterocycles. The molecule has 29 heavy (non-hydrogen) atoms. The number of rotatable bonds is 3. The largest absolute Gasteiger partial charge is 0.311 e. The van der Waals surface area contributed by atoms with Crippen molar-refractivity contribution in [1.82, 2.24) is 9.88 Å². The van der Waals surface area contributed by atoms with Gasteiger partial charge >= 0.3 is 0 Å². The maximum Gasteiger partial charge on any atom is 0.262 e. The number of nitrogens with one attached hydrogen (secondary N) is 1. The minimum Gasteiger partial charge on any atom is -0.311 e. The van der Waals surface area contributed by atoms with E-state index in [2.05, 4.69) is 11.4 Å². The number of benzene rings is 3. The van der Waals surface area contributed by atoms with Gasteiger partial charge in [0.15, 0.2) is 0 Å². The van der Waals surface area contributed by atoms with E-state index >= 15 is 0 Å². The lowest BCUT2D eigenvalue weighted by atomic mass is 10.1. The van der Waals surface area contributed by atoms with Crippen molar-refractivity contribution >= 4 is 61.9 Å². The molecule has 1 unspecified atom stereocenters. The third kappa shape index (κ3) is 3.14. The van der Waals surface area contributed by atoms with Crippen LogP contribution >= 0.6 is 24.0 Å². The van der Waals surface area contributed by atoms with Crippen molar-refractivity contribution in [3.8, 4) is 0 Å². The molecule has 5 rings (SSSR count). The van der Waals surface area contributed by atoms with Gasteiger partial charge in [-0.15, -0.1) is 0 Å². The van der Waals surface area contributed by atoms with Crippen molar-refractivity contribution in [3.63, 3.8) is 0 Å². The normalized spacial score (nSPS) is 16.5. The predicted octanol–water partition coefficient (Wildman–Crippen LogP) is 4.54. The highest BCUT2D eigenvalue weighted by Crippen LogP contribution is 2.32. The van der Waals surface area contributed by atoms with Crippen LogP contribution < -0.4 is 5.32 Å². The number of aromatic nitrogens is 1. The van der Waals surface area contributed by atoms with Crippen LogP contribution in [0.3, 0.4) is 0 Å². The Morgan fingerprint density at radius 3 is 2.45 bits per heavy atom. The smallest absolute Gasteiger partial charge is 0.262 e. The fourth-order valence-electron chi connectivity index (χ4n) is 3.82. The summed E-state index contributed by atoms with van der Waals surface area (Å²) in [5, 5.41) is 4.52. The summed E-state index contributed by atoms with van der Waals surface area (Å²) in [6, 6.07) is 23.3. The van der Waals surface area contributed by atoms with Gasteiger partial charge in [-0.2, -0.15) is 0 Å². The summed E-state index contributed by atoms with van der Waals surface area (Å²) in [5.74, 6) is -0.0950. The van der Waals surface area contributed by atoms with Crippen molar-refractivity contribution in [1.29, 1.82) is 0 Å². The fourth-order valence-corrected chi connectivity index (χ4v) is 5.13. The van der Waals surface area contributed by atoms with Crippen molar-refractivity contribution in [2.45, 2.75) is 11.7 Å². The Hall–Kier alpha value is -2.96. The van der Waals surface area contributed by atoms with Gasteiger partial charge in [0.1, 0.15) is 4.32 Å². The molecule has 1 fully saturated rings. The average molecular weight is 417 g/mol. The molecule has 1 aliphatic rings. The van der Waals surface area contributed by atoms with E-state index < -0.39 is 0 Å². The second kappa shape index (κ2) is 7.13. The van der Waals surface area contributed by atoms with Crippen LogP contribution in [0.5, 0.6) is 0 Å². The van der Waals surface area contributed by atoms with Crippen LogP contribution in [0.2, 0.25) is 0 Å². The van der Waals surface area contributed by atoms with Crippen molar-refractivity contribution in [2.24, 2.45) is 0 Å². The van der Waals surface area contributed by atoms with E-state index in [1.807, 2.05) is 66.7 Å². The van der Waals surface area contributed by atoms with Crippen LogP contribution in [0.25, 0.3) is 21.8 Å². The van der Waals surface area contributed by atoms with E-state index in [0.717, 1.165) is 27.4 Å². The number of hydrogen-bond donors (Lipinski definition) is 1. The number of thioether (sulfide) groups is 1. The quantitative estimate of drug-likeness (QED) is 0.498. The van der Waals surface area contributed by atoms with Crippen LogP contribution in [-0.2, 0) is 11.2 Å². The highest BCUT2D eigenvalue weighted by atomic mass is 32.2. The molecule has 142 valence electrons. The van der Waals surface area contributed by atoms with Gasteiger partial charge in [-0.1, -0.05) is 66.4 Å². The Labute approximate surface area is 176 Å². The van der Waals surface area contributed by atoms with E-state index in [0.29, 0.717) is 16.3 Å². The Kier molecular flexibility index (Phi) is 4.45. The average Bonchev–Trinajstić information content (AvgIpc) is 3.24. The lowest BCUT2D eigenvalue weighted by molar-refractivity contribution is -0.118. The first-order chi connectivity index (χ1) is 14.1. The second-order valence-electron chi connectivity index (χ2n) is 6.96. The standard InChI is InChI=1S/C23H16N2O2S2/c26-21-20(29-23(28)24-21)13-14-10-11-19-17(12-14)16-8-4-5-9-18(16)25(19)22(27)15-6-2-1-3-7-15/h1-12,20H,13H2,(H,24,26,28). The first-order valence-corrected chi connectivity index (χ1v) is 10.5. The molecule has 0 spiro atoms. The molecule has 1 N–H and O–H groups in total. The van der Waals surface area contributed by atoms with Gasteiger partial charge in [0.25, 0.3) is 5.91 Å². The zero-order valence-corrected chi connectivity index (χ0v) is 16.9. The molecular formula is C23H16N2O2S2. The maximum atomic E-state index is 13.3. The third-order valence-corrected chi connectivity index (χ3v) is 6.52. The van der Waals surface area contributed by atoms with Gasteiger partial charge in [0.05, 0.1) is 16.3 Å². The fraction of sp³-hybridized carbons (Fsp3) is 0.0870. The van der Waals surface area contributed by atoms with Gasteiger partial charge in [0, 0.05) is 16.3 Å². The number of nitrogens with zero attached hydrogens (tertiary/aromatic N) is 1. The zero-order valence-electron chi connectivity index (χ0n) is 15.3. The Bertz CT molecular complexity index is 1290. The molecule has 0 aliphatic carbocycles. The molecule has 1 aromatic heterocycles. The highest BCUT2D eigenvalue weighted by molar-refractivity contribution is 8.24. The Balaban J connectivity index is 1.64. The van der Waals surface area contributed by atoms with E-state index in [-0.39, 0.29) is 17.1 Å². The second-order valence-corrected chi connectivity index (χ2v) is 8.84. The third-order valence-electron chi connectivity index (χ3n) is 5.15. The Morgan fingerprint density at radius 2 is 1.69 bits per heavy atom. The van der Waals surface area contributed by atoms with Gasteiger partial charge in [-0.05, 0) is 42.3 Å². The van der Waals surface area contributed by atoms with Gasteiger partial charge in [-0.3, -0.25) is 14.2 Å². The summed E-state index contributed by atoms with van der Waals surface area (Å²) in [6.07, 6.45) is 0.596. The summed E-state index contributed by atoms with van der Waals surface area (Å²) in [5.41, 5.74) is 3.43. The predicted molar refractivity (Wildman–Crippen MR) is 121 cm³/mol. The lowest BCUT2D eigenvalue weighted by Gasteiger charge is -2.08. The van der Waals surface area contributed by atoms with Gasteiger partial charge in [0.2, 0.25) is 5.91 Å². The Morgan fingerprint density at radius 1 is 0.966 bits per heavy atom. The van der Waals surface area contributed by atoms with Crippen LogP contribution in [-0.4, -0.2) is 26.0 Å². The van der Waals surface area contributed by atoms with Crippen molar-refractivity contribution in [2.75, 3.05) is 0 Å². The van der Waals surface area contributed by atoms with Crippen molar-refractivity contribution < 1.29 is 9.59 Å². The topological polar surface area (TPSA) is 51.1 Å². The monoisotopic (exact) mass is 416 g/mol. The molecule has 0 radical (unpaired) electrons. The van der Waals surface area contributed by atoms with Crippen LogP contribution in [0.1, 0.15) is 15.9 Å². The molecule has 2 heterocycles. The van der Waals surface area contributed by atoms with Crippen LogP contribution in [0, 0.1) is 0 Å². The SMILES string of the molecule is O=C1NC(=S)SC1Cc1ccc2c(c1)c1ccccc1n2C(=O)c1ccccc1. The first kappa shape index (κ1) is 18.1. The zero-order chi connectivity index (χ0) is 20.0. The number of amides is 1.